The third-order valence-corrected chi connectivity index (χ3v) is 8.32. The maximum atomic E-state index is 13.8. The first-order chi connectivity index (χ1) is 14.4. The Labute approximate surface area is 190 Å². The number of hydrogen-bond donors (Lipinski definition) is 0. The molecule has 0 bridgehead atoms. The van der Waals surface area contributed by atoms with Crippen molar-refractivity contribution in [2.24, 2.45) is 5.41 Å². The maximum absolute atomic E-state index is 13.8. The molecule has 1 amide bonds. The van der Waals surface area contributed by atoms with E-state index in [2.05, 4.69) is 11.1 Å². The average molecular weight is 463 g/mol. The predicted octanol–water partition coefficient (Wildman–Crippen LogP) is 2.81. The minimum Gasteiger partial charge on any atom is -0.481 e. The van der Waals surface area contributed by atoms with Gasteiger partial charge in [-0.2, -0.15) is 5.26 Å². The van der Waals surface area contributed by atoms with Crippen molar-refractivity contribution < 1.29 is 19.1 Å². The van der Waals surface area contributed by atoms with Crippen LogP contribution in [0.1, 0.15) is 45.7 Å². The maximum Gasteiger partial charge on any atom is 0.254 e. The summed E-state index contributed by atoms with van der Waals surface area (Å²) in [7, 11) is 3.18. The highest BCUT2D eigenvalue weighted by Gasteiger charge is 2.68. The average Bonchev–Trinajstić information content (AvgIpc) is 2.94. The SMILES string of the molecule is COc1ccc(C2N3C[C@](C)(SC(C)=O)N(C)C(=O)C3(SC(C)=O)C[C@]2(C)C#N)cn1. The normalized spacial score (nSPS) is 33.0. The number of fused-ring (bicyclic) bond motifs is 1. The van der Waals surface area contributed by atoms with Crippen molar-refractivity contribution >= 4 is 39.7 Å². The molecule has 0 saturated carbocycles. The largest absolute Gasteiger partial charge is 0.481 e. The number of hydrogen-bond acceptors (Lipinski definition) is 9. The summed E-state index contributed by atoms with van der Waals surface area (Å²) in [6.07, 6.45) is 1.83. The first-order valence-electron chi connectivity index (χ1n) is 9.78. The van der Waals surface area contributed by atoms with E-state index in [9.17, 15) is 19.6 Å². The van der Waals surface area contributed by atoms with Gasteiger partial charge in [0.2, 0.25) is 5.88 Å². The van der Waals surface area contributed by atoms with Gasteiger partial charge in [0.15, 0.2) is 15.1 Å². The van der Waals surface area contributed by atoms with Gasteiger partial charge in [0.1, 0.15) is 4.87 Å². The number of nitrogens with zero attached hydrogens (tertiary/aromatic N) is 4. The van der Waals surface area contributed by atoms with Crippen LogP contribution in [0.25, 0.3) is 0 Å². The van der Waals surface area contributed by atoms with Crippen LogP contribution in [-0.4, -0.2) is 61.4 Å². The van der Waals surface area contributed by atoms with Crippen LogP contribution in [0, 0.1) is 16.7 Å². The molecule has 2 unspecified atom stereocenters. The Morgan fingerprint density at radius 3 is 2.39 bits per heavy atom. The second-order valence-electron chi connectivity index (χ2n) is 8.38. The summed E-state index contributed by atoms with van der Waals surface area (Å²) >= 11 is 2.03. The highest BCUT2D eigenvalue weighted by atomic mass is 32.2. The molecule has 31 heavy (non-hydrogen) atoms. The van der Waals surface area contributed by atoms with E-state index in [1.807, 2.05) is 24.8 Å². The van der Waals surface area contributed by atoms with Crippen LogP contribution in [0.3, 0.4) is 0 Å². The minimum atomic E-state index is -1.23. The quantitative estimate of drug-likeness (QED) is 0.668. The molecule has 10 heteroatoms. The molecule has 1 aromatic heterocycles. The van der Waals surface area contributed by atoms with Gasteiger partial charge >= 0.3 is 0 Å². The van der Waals surface area contributed by atoms with Gasteiger partial charge in [-0.1, -0.05) is 29.6 Å². The second kappa shape index (κ2) is 8.11. The van der Waals surface area contributed by atoms with Crippen LogP contribution in [-0.2, 0) is 14.4 Å². The second-order valence-corrected chi connectivity index (χ2v) is 11.5. The predicted molar refractivity (Wildman–Crippen MR) is 119 cm³/mol. The van der Waals surface area contributed by atoms with Gasteiger partial charge in [0.25, 0.3) is 5.91 Å². The number of ether oxygens (including phenoxy) is 1. The highest BCUT2D eigenvalue weighted by molar-refractivity contribution is 8.15. The lowest BCUT2D eigenvalue weighted by Crippen LogP contribution is -2.68. The van der Waals surface area contributed by atoms with Gasteiger partial charge in [-0.15, -0.1) is 0 Å². The molecule has 2 aliphatic rings. The number of pyridine rings is 1. The number of rotatable bonds is 4. The van der Waals surface area contributed by atoms with Crippen molar-refractivity contribution in [3.63, 3.8) is 0 Å². The molecule has 0 aromatic carbocycles. The molecule has 0 spiro atoms. The van der Waals surface area contributed by atoms with E-state index >= 15 is 0 Å². The molecule has 0 N–H and O–H groups in total. The van der Waals surface area contributed by atoms with Crippen LogP contribution >= 0.6 is 23.5 Å². The van der Waals surface area contributed by atoms with Crippen LogP contribution in [0.2, 0.25) is 0 Å². The number of aromatic nitrogens is 1. The molecule has 0 radical (unpaired) electrons. The number of piperazine rings is 1. The third kappa shape index (κ3) is 3.83. The van der Waals surface area contributed by atoms with Crippen molar-refractivity contribution in [2.45, 2.75) is 49.9 Å². The van der Waals surface area contributed by atoms with E-state index in [1.165, 1.54) is 21.0 Å². The van der Waals surface area contributed by atoms with E-state index in [0.717, 1.165) is 29.1 Å². The van der Waals surface area contributed by atoms with Crippen molar-refractivity contribution in [1.82, 2.24) is 14.8 Å². The van der Waals surface area contributed by atoms with Gasteiger partial charge in [0.05, 0.1) is 24.6 Å². The lowest BCUT2D eigenvalue weighted by Gasteiger charge is -2.53. The standard InChI is InChI=1S/C21H26N4O4S2/c1-13(26)30-20(4)12-25-17(15-7-8-16(29-6)23-9-15)19(3,11-22)10-21(25,31-14(2)27)18(28)24(20)5/h7-9,17H,10,12H2,1-6H3/t17?,19-,20+,21?/m1/s1. The van der Waals surface area contributed by atoms with Gasteiger partial charge in [-0.3, -0.25) is 19.3 Å². The van der Waals surface area contributed by atoms with Crippen LogP contribution in [0.4, 0.5) is 0 Å². The molecule has 2 aliphatic heterocycles. The van der Waals surface area contributed by atoms with Crippen molar-refractivity contribution in [2.75, 3.05) is 20.7 Å². The first kappa shape index (κ1) is 23.6. The molecule has 2 saturated heterocycles. The monoisotopic (exact) mass is 462 g/mol. The Kier molecular flexibility index (Phi) is 6.17. The molecule has 3 heterocycles. The fourth-order valence-corrected chi connectivity index (χ4v) is 7.08. The summed E-state index contributed by atoms with van der Waals surface area (Å²) in [5.74, 6) is 0.164. The summed E-state index contributed by atoms with van der Waals surface area (Å²) in [4.78, 5) is 43.7. The Morgan fingerprint density at radius 2 is 1.90 bits per heavy atom. The minimum absolute atomic E-state index is 0.112. The lowest BCUT2D eigenvalue weighted by molar-refractivity contribution is -0.147. The first-order valence-corrected chi connectivity index (χ1v) is 11.4. The Morgan fingerprint density at radius 1 is 1.26 bits per heavy atom. The number of methoxy groups -OCH3 is 1. The van der Waals surface area contributed by atoms with Crippen molar-refractivity contribution in [3.8, 4) is 11.9 Å². The van der Waals surface area contributed by atoms with Gasteiger partial charge in [-0.05, 0) is 19.4 Å². The van der Waals surface area contributed by atoms with Crippen LogP contribution in [0.15, 0.2) is 18.3 Å². The van der Waals surface area contributed by atoms with Gasteiger partial charge in [-0.25, -0.2) is 4.98 Å². The van der Waals surface area contributed by atoms with Crippen molar-refractivity contribution in [1.29, 1.82) is 5.26 Å². The highest BCUT2D eigenvalue weighted by Crippen LogP contribution is 2.61. The number of thioether (sulfide) groups is 2. The molecule has 8 nitrogen and oxygen atoms in total. The number of carbonyl (C=O) groups excluding carboxylic acids is 3. The Hall–Kier alpha value is -2.09. The van der Waals surface area contributed by atoms with E-state index < -0.39 is 21.2 Å². The molecule has 3 rings (SSSR count). The molecular formula is C21H26N4O4S2. The summed E-state index contributed by atoms with van der Waals surface area (Å²) in [5, 5.41) is 9.86. The summed E-state index contributed by atoms with van der Waals surface area (Å²) in [6.45, 7) is 6.85. The van der Waals surface area contributed by atoms with E-state index in [4.69, 9.17) is 4.74 Å². The molecule has 166 valence electrons. The van der Waals surface area contributed by atoms with Gasteiger partial charge < -0.3 is 9.64 Å². The fourth-order valence-electron chi connectivity index (χ4n) is 4.67. The summed E-state index contributed by atoms with van der Waals surface area (Å²) < 4.78 is 5.16. The Bertz CT molecular complexity index is 965. The lowest BCUT2D eigenvalue weighted by atomic mass is 9.80. The van der Waals surface area contributed by atoms with E-state index in [0.29, 0.717) is 12.4 Å². The molecule has 2 fully saturated rings. The fraction of sp³-hybridized carbons (Fsp3) is 0.571. The smallest absolute Gasteiger partial charge is 0.254 e. The topological polar surface area (TPSA) is 104 Å². The third-order valence-electron chi connectivity index (χ3n) is 6.01. The van der Waals surface area contributed by atoms with Crippen LogP contribution < -0.4 is 4.74 Å². The number of amides is 1. The van der Waals surface area contributed by atoms with Gasteiger partial charge in [0, 0.05) is 46.1 Å². The zero-order valence-electron chi connectivity index (χ0n) is 18.5. The molecule has 4 atom stereocenters. The summed E-state index contributed by atoms with van der Waals surface area (Å²) in [5.41, 5.74) is -0.204. The molecule has 0 aliphatic carbocycles. The number of likely N-dealkylation sites (N-methyl/N-ethyl adjacent to an activating group) is 1. The molecule has 1 aromatic rings. The Balaban J connectivity index is 2.20. The van der Waals surface area contributed by atoms with Crippen molar-refractivity contribution in [3.05, 3.63) is 23.9 Å². The number of carbonyl (C=O) groups is 3. The zero-order chi connectivity index (χ0) is 23.2. The zero-order valence-corrected chi connectivity index (χ0v) is 20.1. The molecular weight excluding hydrogens is 436 g/mol. The van der Waals surface area contributed by atoms with Crippen LogP contribution in [0.5, 0.6) is 5.88 Å². The number of nitriles is 1. The van der Waals surface area contributed by atoms with E-state index in [1.54, 1.807) is 24.2 Å². The summed E-state index contributed by atoms with van der Waals surface area (Å²) in [6, 6.07) is 5.46. The van der Waals surface area contributed by atoms with E-state index in [-0.39, 0.29) is 22.6 Å².